The number of para-hydroxylation sites is 1. The fourth-order valence-electron chi connectivity index (χ4n) is 3.81. The summed E-state index contributed by atoms with van der Waals surface area (Å²) in [5.74, 6) is 0. The zero-order valence-corrected chi connectivity index (χ0v) is 18.5. The summed E-state index contributed by atoms with van der Waals surface area (Å²) in [5.41, 5.74) is 1.97. The first-order valence-corrected chi connectivity index (χ1v) is 11.0. The van der Waals surface area contributed by atoms with Gasteiger partial charge in [0.2, 0.25) is 0 Å². The molecular weight excluding hydrogens is 384 g/mol. The van der Waals surface area contributed by atoms with Gasteiger partial charge in [-0.1, -0.05) is 24.3 Å². The number of hydrogen-bond acceptors (Lipinski definition) is 5. The summed E-state index contributed by atoms with van der Waals surface area (Å²) < 4.78 is 5.83. The van der Waals surface area contributed by atoms with Gasteiger partial charge in [-0.2, -0.15) is 0 Å². The average molecular weight is 417 g/mol. The number of hydrogen-bond donors (Lipinski definition) is 2. The van der Waals surface area contributed by atoms with Crippen molar-refractivity contribution in [3.63, 3.8) is 0 Å². The van der Waals surface area contributed by atoms with Crippen LogP contribution in [0.3, 0.4) is 0 Å². The van der Waals surface area contributed by atoms with Crippen LogP contribution < -0.4 is 10.6 Å². The number of amides is 2. The van der Waals surface area contributed by atoms with E-state index in [1.165, 1.54) is 4.88 Å². The second-order valence-corrected chi connectivity index (χ2v) is 8.92. The number of urea groups is 1. The Morgan fingerprint density at radius 1 is 1.21 bits per heavy atom. The Kier molecular flexibility index (Phi) is 7.66. The maximum absolute atomic E-state index is 12.6. The number of morpholine rings is 1. The molecule has 29 heavy (non-hydrogen) atoms. The topological polar surface area (TPSA) is 56.8 Å². The molecule has 3 atom stereocenters. The molecule has 7 heteroatoms. The van der Waals surface area contributed by atoms with Gasteiger partial charge < -0.3 is 20.3 Å². The molecule has 3 rings (SSSR count). The third kappa shape index (κ3) is 6.27. The molecule has 1 fully saturated rings. The van der Waals surface area contributed by atoms with E-state index in [9.17, 15) is 4.79 Å². The van der Waals surface area contributed by atoms with Gasteiger partial charge in [0, 0.05) is 36.7 Å². The van der Waals surface area contributed by atoms with Gasteiger partial charge in [0.1, 0.15) is 0 Å². The zero-order chi connectivity index (χ0) is 20.8. The molecule has 1 aromatic heterocycles. The number of thiophene rings is 1. The van der Waals surface area contributed by atoms with Gasteiger partial charge in [-0.25, -0.2) is 4.79 Å². The fraction of sp³-hybridized carbons (Fsp3) is 0.500. The Labute approximate surface area is 177 Å². The van der Waals surface area contributed by atoms with Crippen molar-refractivity contribution in [2.45, 2.75) is 38.6 Å². The summed E-state index contributed by atoms with van der Waals surface area (Å²) >= 11 is 1.71. The Morgan fingerprint density at radius 2 is 1.93 bits per heavy atom. The number of nitrogens with zero attached hydrogens (tertiary/aromatic N) is 2. The first-order chi connectivity index (χ1) is 13.9. The van der Waals surface area contributed by atoms with Gasteiger partial charge in [0.25, 0.3) is 0 Å². The molecule has 1 aliphatic heterocycles. The molecule has 1 aliphatic rings. The Morgan fingerprint density at radius 3 is 2.59 bits per heavy atom. The number of carbonyl (C=O) groups excluding carboxylic acids is 1. The van der Waals surface area contributed by atoms with E-state index in [4.69, 9.17) is 4.74 Å². The molecule has 2 aromatic rings. The Hall–Kier alpha value is -1.93. The van der Waals surface area contributed by atoms with Gasteiger partial charge in [-0.3, -0.25) is 4.90 Å². The van der Waals surface area contributed by atoms with E-state index in [0.717, 1.165) is 30.9 Å². The molecule has 0 bridgehead atoms. The average Bonchev–Trinajstić information content (AvgIpc) is 3.17. The van der Waals surface area contributed by atoms with Crippen LogP contribution in [0.2, 0.25) is 0 Å². The molecule has 158 valence electrons. The number of rotatable bonds is 7. The highest BCUT2D eigenvalue weighted by molar-refractivity contribution is 7.10. The molecule has 1 saturated heterocycles. The van der Waals surface area contributed by atoms with Crippen molar-refractivity contribution in [3.8, 4) is 0 Å². The minimum Gasteiger partial charge on any atom is -0.373 e. The standard InChI is InChI=1S/C22H32N4O2S/c1-16-13-26(14-17(2)28-16)15-18-8-5-6-9-19(18)24-22(27)23-12-20(25(3)4)21-10-7-11-29-21/h5-11,16-17,20H,12-15H2,1-4H3,(H2,23,24,27). The first-order valence-electron chi connectivity index (χ1n) is 10.1. The number of benzene rings is 1. The summed E-state index contributed by atoms with van der Waals surface area (Å²) in [7, 11) is 4.06. The summed E-state index contributed by atoms with van der Waals surface area (Å²) in [6.45, 7) is 7.36. The summed E-state index contributed by atoms with van der Waals surface area (Å²) in [6, 6.07) is 12.1. The van der Waals surface area contributed by atoms with Gasteiger partial charge in [0.05, 0.1) is 18.2 Å². The molecule has 0 aliphatic carbocycles. The number of carbonyl (C=O) groups is 1. The smallest absolute Gasteiger partial charge is 0.319 e. The Balaban J connectivity index is 1.59. The lowest BCUT2D eigenvalue weighted by molar-refractivity contribution is -0.0704. The van der Waals surface area contributed by atoms with E-state index in [1.54, 1.807) is 11.3 Å². The van der Waals surface area contributed by atoms with Gasteiger partial charge >= 0.3 is 6.03 Å². The van der Waals surface area contributed by atoms with Crippen molar-refractivity contribution in [2.75, 3.05) is 39.0 Å². The van der Waals surface area contributed by atoms with E-state index in [1.807, 2.05) is 38.4 Å². The number of anilines is 1. The van der Waals surface area contributed by atoms with Crippen LogP contribution >= 0.6 is 11.3 Å². The minimum absolute atomic E-state index is 0.160. The van der Waals surface area contributed by atoms with Crippen molar-refractivity contribution in [1.82, 2.24) is 15.1 Å². The van der Waals surface area contributed by atoms with Crippen LogP contribution in [0.15, 0.2) is 41.8 Å². The van der Waals surface area contributed by atoms with Gasteiger partial charge in [-0.05, 0) is 51.0 Å². The quantitative estimate of drug-likeness (QED) is 0.721. The van der Waals surface area contributed by atoms with Crippen LogP contribution in [0.1, 0.15) is 30.3 Å². The highest BCUT2D eigenvalue weighted by Gasteiger charge is 2.23. The van der Waals surface area contributed by atoms with Crippen molar-refractivity contribution in [2.24, 2.45) is 0 Å². The second-order valence-electron chi connectivity index (χ2n) is 7.94. The largest absolute Gasteiger partial charge is 0.373 e. The van der Waals surface area contributed by atoms with E-state index in [0.29, 0.717) is 6.54 Å². The molecule has 2 heterocycles. The monoisotopic (exact) mass is 416 g/mol. The molecule has 0 saturated carbocycles. The SMILES string of the molecule is CC1CN(Cc2ccccc2NC(=O)NCC(c2cccs2)N(C)C)CC(C)O1. The van der Waals surface area contributed by atoms with E-state index >= 15 is 0 Å². The van der Waals surface area contributed by atoms with Gasteiger partial charge in [0.15, 0.2) is 0 Å². The maximum atomic E-state index is 12.6. The lowest BCUT2D eigenvalue weighted by Gasteiger charge is -2.35. The lowest BCUT2D eigenvalue weighted by atomic mass is 10.1. The minimum atomic E-state index is -0.176. The first kappa shape index (κ1) is 21.8. The number of likely N-dealkylation sites (N-methyl/N-ethyl adjacent to an activating group) is 1. The molecule has 3 unspecified atom stereocenters. The van der Waals surface area contributed by atoms with Gasteiger partial charge in [-0.15, -0.1) is 11.3 Å². The van der Waals surface area contributed by atoms with Crippen molar-refractivity contribution < 1.29 is 9.53 Å². The molecular formula is C22H32N4O2S. The van der Waals surface area contributed by atoms with Crippen LogP contribution in [0.25, 0.3) is 0 Å². The summed E-state index contributed by atoms with van der Waals surface area (Å²) in [5, 5.41) is 8.13. The molecule has 0 spiro atoms. The third-order valence-corrected chi connectivity index (χ3v) is 6.08. The normalized spacial score (nSPS) is 21.1. The zero-order valence-electron chi connectivity index (χ0n) is 17.7. The number of nitrogens with one attached hydrogen (secondary N) is 2. The van der Waals surface area contributed by atoms with Crippen LogP contribution in [0.5, 0.6) is 0 Å². The molecule has 6 nitrogen and oxygen atoms in total. The van der Waals surface area contributed by atoms with Crippen LogP contribution in [0, 0.1) is 0 Å². The Bertz CT molecular complexity index is 771. The maximum Gasteiger partial charge on any atom is 0.319 e. The van der Waals surface area contributed by atoms with Crippen LogP contribution in [-0.2, 0) is 11.3 Å². The second kappa shape index (κ2) is 10.2. The molecule has 1 aromatic carbocycles. The highest BCUT2D eigenvalue weighted by atomic mass is 32.1. The van der Waals surface area contributed by atoms with Crippen LogP contribution in [-0.4, -0.2) is 61.8 Å². The summed E-state index contributed by atoms with van der Waals surface area (Å²) in [4.78, 5) is 18.3. The van der Waals surface area contributed by atoms with E-state index in [2.05, 4.69) is 51.8 Å². The van der Waals surface area contributed by atoms with E-state index in [-0.39, 0.29) is 24.3 Å². The predicted molar refractivity (Wildman–Crippen MR) is 119 cm³/mol. The molecule has 0 radical (unpaired) electrons. The lowest BCUT2D eigenvalue weighted by Crippen LogP contribution is -2.45. The van der Waals surface area contributed by atoms with Crippen molar-refractivity contribution >= 4 is 23.1 Å². The highest BCUT2D eigenvalue weighted by Crippen LogP contribution is 2.23. The van der Waals surface area contributed by atoms with Crippen molar-refractivity contribution in [3.05, 3.63) is 52.2 Å². The fourth-order valence-corrected chi connectivity index (χ4v) is 4.73. The molecule has 2 N–H and O–H groups in total. The van der Waals surface area contributed by atoms with Crippen molar-refractivity contribution in [1.29, 1.82) is 0 Å². The molecule has 2 amide bonds. The predicted octanol–water partition coefficient (Wildman–Crippen LogP) is 3.78. The number of ether oxygens (including phenoxy) is 1. The van der Waals surface area contributed by atoms with Crippen LogP contribution in [0.4, 0.5) is 10.5 Å². The van der Waals surface area contributed by atoms with E-state index < -0.39 is 0 Å². The third-order valence-electron chi connectivity index (χ3n) is 5.11. The summed E-state index contributed by atoms with van der Waals surface area (Å²) in [6.07, 6.45) is 0.449.